The van der Waals surface area contributed by atoms with E-state index in [9.17, 15) is 18.0 Å². The number of thioether (sulfide) groups is 1. The summed E-state index contributed by atoms with van der Waals surface area (Å²) in [6.07, 6.45) is 0.849. The van der Waals surface area contributed by atoms with Crippen molar-refractivity contribution in [2.45, 2.75) is 50.2 Å². The van der Waals surface area contributed by atoms with Crippen molar-refractivity contribution in [1.29, 1.82) is 0 Å². The topological polar surface area (TPSA) is 96.0 Å². The minimum Gasteiger partial charge on any atom is -0.444 e. The smallest absolute Gasteiger partial charge is 0.410 e. The lowest BCUT2D eigenvalue weighted by atomic mass is 10.1. The standard InChI is InChI=1S/C19H29N3O5S3/c1-19(2,3)27-18(24)21-7-4-14(5-8-21)20-17(23)16-15(6-11-29-16)30(25,26)22-9-12-28-13-10-22/h6,11,14H,4-5,7-10,12-13H2,1-3H3,(H,20,23). The lowest BCUT2D eigenvalue weighted by Crippen LogP contribution is -2.48. The highest BCUT2D eigenvalue weighted by Gasteiger charge is 2.33. The van der Waals surface area contributed by atoms with Crippen LogP contribution < -0.4 is 5.32 Å². The normalized spacial score (nSPS) is 19.5. The Labute approximate surface area is 186 Å². The maximum atomic E-state index is 13.0. The lowest BCUT2D eigenvalue weighted by Gasteiger charge is -2.33. The van der Waals surface area contributed by atoms with Crippen LogP contribution in [-0.4, -0.2) is 79.0 Å². The van der Waals surface area contributed by atoms with Crippen LogP contribution >= 0.6 is 23.1 Å². The molecule has 0 bridgehead atoms. The van der Waals surface area contributed by atoms with Crippen LogP contribution in [0.5, 0.6) is 0 Å². The average Bonchev–Trinajstić information content (AvgIpc) is 3.19. The first kappa shape index (κ1) is 23.4. The molecule has 0 aliphatic carbocycles. The highest BCUT2D eigenvalue weighted by atomic mass is 32.2. The van der Waals surface area contributed by atoms with E-state index in [0.717, 1.165) is 22.8 Å². The van der Waals surface area contributed by atoms with E-state index in [4.69, 9.17) is 4.74 Å². The molecule has 11 heteroatoms. The molecule has 0 atom stereocenters. The second-order valence-corrected chi connectivity index (χ2v) is 12.4. The molecule has 2 aliphatic heterocycles. The van der Waals surface area contributed by atoms with Crippen LogP contribution in [0.4, 0.5) is 4.79 Å². The average molecular weight is 476 g/mol. The zero-order valence-corrected chi connectivity index (χ0v) is 20.0. The third-order valence-electron chi connectivity index (χ3n) is 4.91. The van der Waals surface area contributed by atoms with E-state index in [1.54, 1.807) is 22.0 Å². The van der Waals surface area contributed by atoms with Gasteiger partial charge in [0.05, 0.1) is 0 Å². The molecule has 0 radical (unpaired) electrons. The number of nitrogens with zero attached hydrogens (tertiary/aromatic N) is 2. The van der Waals surface area contributed by atoms with Gasteiger partial charge in [0.2, 0.25) is 10.0 Å². The number of likely N-dealkylation sites (tertiary alicyclic amines) is 1. The molecule has 8 nitrogen and oxygen atoms in total. The number of amides is 2. The van der Waals surface area contributed by atoms with E-state index in [2.05, 4.69) is 5.32 Å². The van der Waals surface area contributed by atoms with Gasteiger partial charge in [0.1, 0.15) is 15.4 Å². The van der Waals surface area contributed by atoms with Gasteiger partial charge >= 0.3 is 6.09 Å². The fraction of sp³-hybridized carbons (Fsp3) is 0.684. The molecule has 1 aromatic heterocycles. The Kier molecular flexibility index (Phi) is 7.36. The molecule has 2 aliphatic rings. The van der Waals surface area contributed by atoms with Gasteiger partial charge in [0.15, 0.2) is 0 Å². The zero-order valence-electron chi connectivity index (χ0n) is 17.5. The Morgan fingerprint density at radius 2 is 1.77 bits per heavy atom. The number of hydrogen-bond acceptors (Lipinski definition) is 7. The van der Waals surface area contributed by atoms with Crippen LogP contribution in [0.2, 0.25) is 0 Å². The molecular weight excluding hydrogens is 446 g/mol. The number of ether oxygens (including phenoxy) is 1. The van der Waals surface area contributed by atoms with E-state index < -0.39 is 15.6 Å². The van der Waals surface area contributed by atoms with Crippen LogP contribution in [-0.2, 0) is 14.8 Å². The van der Waals surface area contributed by atoms with Gasteiger partial charge in [0.25, 0.3) is 5.91 Å². The first-order valence-corrected chi connectivity index (χ1v) is 13.5. The van der Waals surface area contributed by atoms with Crippen molar-refractivity contribution < 1.29 is 22.7 Å². The van der Waals surface area contributed by atoms with E-state index >= 15 is 0 Å². The van der Waals surface area contributed by atoms with Crippen molar-refractivity contribution in [3.05, 3.63) is 16.3 Å². The first-order valence-electron chi connectivity index (χ1n) is 10.0. The summed E-state index contributed by atoms with van der Waals surface area (Å²) < 4.78 is 32.8. The van der Waals surface area contributed by atoms with Crippen molar-refractivity contribution in [2.24, 2.45) is 0 Å². The van der Waals surface area contributed by atoms with Gasteiger partial charge in [-0.15, -0.1) is 11.3 Å². The number of hydrogen-bond donors (Lipinski definition) is 1. The van der Waals surface area contributed by atoms with Gasteiger partial charge in [-0.3, -0.25) is 4.79 Å². The number of sulfonamides is 1. The van der Waals surface area contributed by atoms with Crippen molar-refractivity contribution in [3.8, 4) is 0 Å². The van der Waals surface area contributed by atoms with Crippen LogP contribution in [0.25, 0.3) is 0 Å². The number of thiophene rings is 1. The van der Waals surface area contributed by atoms with Crippen molar-refractivity contribution in [3.63, 3.8) is 0 Å². The zero-order chi connectivity index (χ0) is 21.9. The summed E-state index contributed by atoms with van der Waals surface area (Å²) in [5, 5.41) is 4.59. The van der Waals surface area contributed by atoms with Crippen molar-refractivity contribution in [2.75, 3.05) is 37.7 Å². The molecule has 1 aromatic rings. The fourth-order valence-corrected chi connectivity index (χ4v) is 7.26. The monoisotopic (exact) mass is 475 g/mol. The maximum Gasteiger partial charge on any atom is 0.410 e. The van der Waals surface area contributed by atoms with Gasteiger partial charge in [0, 0.05) is 43.7 Å². The molecule has 1 N–H and O–H groups in total. The molecule has 0 saturated carbocycles. The molecule has 2 amide bonds. The number of carbonyl (C=O) groups is 2. The first-order chi connectivity index (χ1) is 14.1. The third kappa shape index (κ3) is 5.68. The Balaban J connectivity index is 1.59. The Morgan fingerprint density at radius 3 is 2.37 bits per heavy atom. The summed E-state index contributed by atoms with van der Waals surface area (Å²) in [4.78, 5) is 27.0. The van der Waals surface area contributed by atoms with Crippen LogP contribution in [0.15, 0.2) is 16.3 Å². The molecule has 168 valence electrons. The van der Waals surface area contributed by atoms with Gasteiger partial charge in [-0.1, -0.05) is 0 Å². The summed E-state index contributed by atoms with van der Waals surface area (Å²) in [6, 6.07) is 1.40. The second-order valence-electron chi connectivity index (χ2n) is 8.35. The second kappa shape index (κ2) is 9.46. The molecule has 2 fully saturated rings. The summed E-state index contributed by atoms with van der Waals surface area (Å²) >= 11 is 2.87. The Bertz CT molecular complexity index is 864. The fourth-order valence-electron chi connectivity index (χ4n) is 3.38. The highest BCUT2D eigenvalue weighted by Crippen LogP contribution is 2.27. The quantitative estimate of drug-likeness (QED) is 0.719. The molecule has 30 heavy (non-hydrogen) atoms. The summed E-state index contributed by atoms with van der Waals surface area (Å²) in [7, 11) is -3.67. The number of carbonyl (C=O) groups excluding carboxylic acids is 2. The van der Waals surface area contributed by atoms with Crippen molar-refractivity contribution >= 4 is 45.1 Å². The molecule has 3 heterocycles. The van der Waals surface area contributed by atoms with Gasteiger partial charge in [-0.2, -0.15) is 16.1 Å². The maximum absolute atomic E-state index is 13.0. The number of rotatable bonds is 4. The van der Waals surface area contributed by atoms with Crippen LogP contribution in [0.1, 0.15) is 43.3 Å². The SMILES string of the molecule is CC(C)(C)OC(=O)N1CCC(NC(=O)c2sccc2S(=O)(=O)N2CCSCC2)CC1. The van der Waals surface area contributed by atoms with E-state index in [1.165, 1.54) is 10.4 Å². The summed E-state index contributed by atoms with van der Waals surface area (Å²) in [5.74, 6) is 1.16. The van der Waals surface area contributed by atoms with Crippen LogP contribution in [0.3, 0.4) is 0 Å². The third-order valence-corrected chi connectivity index (χ3v) is 8.83. The molecule has 0 aromatic carbocycles. The Hall–Kier alpha value is -1.30. The minimum atomic E-state index is -3.67. The molecular formula is C19H29N3O5S3. The predicted molar refractivity (Wildman–Crippen MR) is 119 cm³/mol. The molecule has 0 spiro atoms. The minimum absolute atomic E-state index is 0.0862. The Morgan fingerprint density at radius 1 is 1.13 bits per heavy atom. The number of nitrogens with one attached hydrogen (secondary N) is 1. The summed E-state index contributed by atoms with van der Waals surface area (Å²) in [5.41, 5.74) is -0.545. The molecule has 2 saturated heterocycles. The molecule has 0 unspecified atom stereocenters. The van der Waals surface area contributed by atoms with E-state index in [0.29, 0.717) is 39.0 Å². The molecule has 3 rings (SSSR count). The van der Waals surface area contributed by atoms with E-state index in [1.807, 2.05) is 20.8 Å². The number of piperidine rings is 1. The highest BCUT2D eigenvalue weighted by molar-refractivity contribution is 7.99. The van der Waals surface area contributed by atoms with Crippen LogP contribution in [0, 0.1) is 0 Å². The summed E-state index contributed by atoms with van der Waals surface area (Å²) in [6.45, 7) is 7.38. The lowest BCUT2D eigenvalue weighted by molar-refractivity contribution is 0.0199. The van der Waals surface area contributed by atoms with Crippen molar-refractivity contribution in [1.82, 2.24) is 14.5 Å². The largest absolute Gasteiger partial charge is 0.444 e. The van der Waals surface area contributed by atoms with Gasteiger partial charge in [-0.05, 0) is 45.1 Å². The predicted octanol–water partition coefficient (Wildman–Crippen LogP) is 2.61. The van der Waals surface area contributed by atoms with Gasteiger partial charge in [-0.25, -0.2) is 13.2 Å². The van der Waals surface area contributed by atoms with Gasteiger partial charge < -0.3 is 15.0 Å². The van der Waals surface area contributed by atoms with E-state index in [-0.39, 0.29) is 27.8 Å².